The smallest absolute Gasteiger partial charge is 0.338 e. The number of carbonyl (C=O) groups is 1. The third-order valence-electron chi connectivity index (χ3n) is 2.74. The molecule has 0 aliphatic rings. The molecule has 0 aromatic heterocycles. The van der Waals surface area contributed by atoms with Crippen molar-refractivity contribution in [3.8, 4) is 0 Å². The van der Waals surface area contributed by atoms with Crippen LogP contribution in [0.2, 0.25) is 0 Å². The van der Waals surface area contributed by atoms with E-state index in [1.807, 2.05) is 30.3 Å². The second-order valence-corrected chi connectivity index (χ2v) is 4.50. The summed E-state index contributed by atoms with van der Waals surface area (Å²) in [5.41, 5.74) is -0.217. The summed E-state index contributed by atoms with van der Waals surface area (Å²) in [6.07, 6.45) is 3.45. The Morgan fingerprint density at radius 2 is 2.11 bits per heavy atom. The summed E-state index contributed by atoms with van der Waals surface area (Å²) < 4.78 is 4.85. The van der Waals surface area contributed by atoms with Crippen LogP contribution in [0.3, 0.4) is 0 Å². The van der Waals surface area contributed by atoms with E-state index in [1.54, 1.807) is 0 Å². The maximum Gasteiger partial charge on any atom is 0.338 e. The van der Waals surface area contributed by atoms with Crippen molar-refractivity contribution in [2.45, 2.75) is 31.8 Å². The first kappa shape index (κ1) is 14.5. The zero-order valence-electron chi connectivity index (χ0n) is 10.8. The number of benzene rings is 1. The first-order valence-corrected chi connectivity index (χ1v) is 6.10. The highest BCUT2D eigenvalue weighted by Crippen LogP contribution is 2.16. The van der Waals surface area contributed by atoms with Crippen LogP contribution < -0.4 is 0 Å². The van der Waals surface area contributed by atoms with Crippen LogP contribution in [0.4, 0.5) is 0 Å². The van der Waals surface area contributed by atoms with Gasteiger partial charge < -0.3 is 9.84 Å². The van der Waals surface area contributed by atoms with Gasteiger partial charge in [0.1, 0.15) is 6.61 Å². The van der Waals surface area contributed by atoms with Crippen molar-refractivity contribution < 1.29 is 14.6 Å². The summed E-state index contributed by atoms with van der Waals surface area (Å²) in [6.45, 7) is 5.08. The lowest BCUT2D eigenvalue weighted by atomic mass is 9.97. The Bertz CT molecular complexity index is 382. The molecule has 3 heteroatoms. The number of esters is 1. The molecule has 0 saturated heterocycles. The molecule has 0 fully saturated rings. The molecule has 1 aromatic rings. The number of aliphatic hydroxyl groups is 1. The largest absolute Gasteiger partial charge is 0.459 e. The Hall–Kier alpha value is -1.61. The van der Waals surface area contributed by atoms with Crippen LogP contribution >= 0.6 is 0 Å². The van der Waals surface area contributed by atoms with Crippen molar-refractivity contribution in [3.05, 3.63) is 48.6 Å². The van der Waals surface area contributed by atoms with Gasteiger partial charge in [-0.25, -0.2) is 4.79 Å². The average molecular weight is 248 g/mol. The van der Waals surface area contributed by atoms with Gasteiger partial charge in [0.15, 0.2) is 5.60 Å². The van der Waals surface area contributed by atoms with Gasteiger partial charge in [0, 0.05) is 0 Å². The fraction of sp³-hybridized carbons (Fsp3) is 0.400. The predicted molar refractivity (Wildman–Crippen MR) is 71.2 cm³/mol. The first-order valence-electron chi connectivity index (χ1n) is 6.10. The van der Waals surface area contributed by atoms with Crippen molar-refractivity contribution >= 4 is 5.97 Å². The predicted octanol–water partition coefficient (Wildman–Crippen LogP) is 2.49. The van der Waals surface area contributed by atoms with Crippen molar-refractivity contribution in [2.75, 3.05) is 6.61 Å². The third-order valence-corrected chi connectivity index (χ3v) is 2.74. The van der Waals surface area contributed by atoms with Gasteiger partial charge in [-0.1, -0.05) is 43.0 Å². The lowest BCUT2D eigenvalue weighted by molar-refractivity contribution is -0.163. The Labute approximate surface area is 108 Å². The number of ether oxygens (including phenoxy) is 1. The van der Waals surface area contributed by atoms with Gasteiger partial charge in [0.05, 0.1) is 0 Å². The third kappa shape index (κ3) is 4.72. The zero-order valence-corrected chi connectivity index (χ0v) is 10.8. The molecule has 18 heavy (non-hydrogen) atoms. The maximum atomic E-state index is 11.5. The molecule has 1 atom stereocenters. The minimum absolute atomic E-state index is 0.133. The van der Waals surface area contributed by atoms with Crippen molar-refractivity contribution in [3.63, 3.8) is 0 Å². The molecule has 1 unspecified atom stereocenters. The highest BCUT2D eigenvalue weighted by Gasteiger charge is 2.31. The molecule has 0 aliphatic heterocycles. The summed E-state index contributed by atoms with van der Waals surface area (Å²) >= 11 is 0. The van der Waals surface area contributed by atoms with Gasteiger partial charge in [-0.15, -0.1) is 0 Å². The van der Waals surface area contributed by atoms with E-state index in [1.165, 1.54) is 18.6 Å². The Morgan fingerprint density at radius 3 is 2.72 bits per heavy atom. The van der Waals surface area contributed by atoms with E-state index in [4.69, 9.17) is 4.74 Å². The van der Waals surface area contributed by atoms with Gasteiger partial charge in [-0.05, 0) is 31.7 Å². The Kier molecular flexibility index (Phi) is 5.59. The molecule has 0 aliphatic carbocycles. The SMILES string of the molecule is C=CCOC(=O)C(C)(O)CCCc1ccccc1. The molecule has 0 radical (unpaired) electrons. The molecule has 0 bridgehead atoms. The average Bonchev–Trinajstić information content (AvgIpc) is 2.37. The van der Waals surface area contributed by atoms with Gasteiger partial charge >= 0.3 is 5.97 Å². The number of aryl methyl sites for hydroxylation is 1. The van der Waals surface area contributed by atoms with Crippen LogP contribution in [0, 0.1) is 0 Å². The summed E-state index contributed by atoms with van der Waals surface area (Å²) in [5, 5.41) is 9.98. The summed E-state index contributed by atoms with van der Waals surface area (Å²) in [6, 6.07) is 9.99. The van der Waals surface area contributed by atoms with Crippen LogP contribution in [-0.4, -0.2) is 23.3 Å². The molecule has 0 spiro atoms. The molecule has 1 rings (SSSR count). The van der Waals surface area contributed by atoms with Gasteiger partial charge in [0.2, 0.25) is 0 Å². The van der Waals surface area contributed by atoms with E-state index in [9.17, 15) is 9.90 Å². The summed E-state index contributed by atoms with van der Waals surface area (Å²) in [7, 11) is 0. The maximum absolute atomic E-state index is 11.5. The molecular formula is C15H20O3. The number of hydrogen-bond acceptors (Lipinski definition) is 3. The summed E-state index contributed by atoms with van der Waals surface area (Å²) in [5.74, 6) is -0.588. The second-order valence-electron chi connectivity index (χ2n) is 4.50. The van der Waals surface area contributed by atoms with Crippen molar-refractivity contribution in [1.29, 1.82) is 0 Å². The van der Waals surface area contributed by atoms with Crippen LogP contribution in [0.1, 0.15) is 25.3 Å². The van der Waals surface area contributed by atoms with E-state index in [0.717, 1.165) is 12.8 Å². The highest BCUT2D eigenvalue weighted by atomic mass is 16.5. The molecule has 3 nitrogen and oxygen atoms in total. The van der Waals surface area contributed by atoms with Gasteiger partial charge in [-0.3, -0.25) is 0 Å². The minimum atomic E-state index is -1.42. The molecule has 1 aromatic carbocycles. The molecule has 0 amide bonds. The Morgan fingerprint density at radius 1 is 1.44 bits per heavy atom. The quantitative estimate of drug-likeness (QED) is 0.595. The molecule has 98 valence electrons. The minimum Gasteiger partial charge on any atom is -0.459 e. The molecule has 0 saturated carbocycles. The van der Waals surface area contributed by atoms with Crippen molar-refractivity contribution in [1.82, 2.24) is 0 Å². The van der Waals surface area contributed by atoms with E-state index in [-0.39, 0.29) is 6.61 Å². The van der Waals surface area contributed by atoms with E-state index in [2.05, 4.69) is 6.58 Å². The molecule has 0 heterocycles. The van der Waals surface area contributed by atoms with E-state index >= 15 is 0 Å². The standard InChI is InChI=1S/C15H20O3/c1-3-12-18-14(16)15(2,17)11-7-10-13-8-5-4-6-9-13/h3-6,8-9,17H,1,7,10-12H2,2H3. The lowest BCUT2D eigenvalue weighted by Gasteiger charge is -2.20. The van der Waals surface area contributed by atoms with Crippen LogP contribution in [0.25, 0.3) is 0 Å². The van der Waals surface area contributed by atoms with E-state index < -0.39 is 11.6 Å². The monoisotopic (exact) mass is 248 g/mol. The number of rotatable bonds is 7. The topological polar surface area (TPSA) is 46.5 Å². The zero-order chi connectivity index (χ0) is 13.4. The second kappa shape index (κ2) is 6.97. The van der Waals surface area contributed by atoms with Crippen LogP contribution in [-0.2, 0) is 16.0 Å². The van der Waals surface area contributed by atoms with E-state index in [0.29, 0.717) is 6.42 Å². The Balaban J connectivity index is 2.37. The van der Waals surface area contributed by atoms with Gasteiger partial charge in [-0.2, -0.15) is 0 Å². The number of carbonyl (C=O) groups excluding carboxylic acids is 1. The van der Waals surface area contributed by atoms with Gasteiger partial charge in [0.25, 0.3) is 0 Å². The lowest BCUT2D eigenvalue weighted by Crippen LogP contribution is -2.36. The van der Waals surface area contributed by atoms with Crippen molar-refractivity contribution in [2.24, 2.45) is 0 Å². The molecular weight excluding hydrogens is 228 g/mol. The highest BCUT2D eigenvalue weighted by molar-refractivity contribution is 5.78. The van der Waals surface area contributed by atoms with Crippen LogP contribution in [0.5, 0.6) is 0 Å². The fourth-order valence-electron chi connectivity index (χ4n) is 1.67. The normalized spacial score (nSPS) is 13.7. The van der Waals surface area contributed by atoms with Crippen LogP contribution in [0.15, 0.2) is 43.0 Å². The fourth-order valence-corrected chi connectivity index (χ4v) is 1.67. The number of hydrogen-bond donors (Lipinski definition) is 1. The molecule has 1 N–H and O–H groups in total. The summed E-state index contributed by atoms with van der Waals surface area (Å²) in [4.78, 5) is 11.5. The first-order chi connectivity index (χ1) is 8.56.